The van der Waals surface area contributed by atoms with Gasteiger partial charge in [0.05, 0.1) is 21.7 Å². The normalized spacial score (nSPS) is 15.6. The van der Waals surface area contributed by atoms with E-state index in [1.807, 2.05) is 74.5 Å². The lowest BCUT2D eigenvalue weighted by atomic mass is 10.2. The molecule has 0 radical (unpaired) electrons. The summed E-state index contributed by atoms with van der Waals surface area (Å²) in [6.07, 6.45) is 1.86. The van der Waals surface area contributed by atoms with Gasteiger partial charge in [-0.15, -0.1) is 0 Å². The number of hydrogen-bond acceptors (Lipinski definition) is 5. The monoisotopic (exact) mass is 462 g/mol. The summed E-state index contributed by atoms with van der Waals surface area (Å²) in [6.45, 7) is 2.54. The van der Waals surface area contributed by atoms with Crippen LogP contribution in [-0.4, -0.2) is 30.9 Å². The number of carbonyl (C=O) groups excluding carboxylic acids is 1. The highest BCUT2D eigenvalue weighted by Gasteiger charge is 2.33. The molecule has 0 bridgehead atoms. The summed E-state index contributed by atoms with van der Waals surface area (Å²) in [5.41, 5.74) is 2.76. The molecule has 3 rings (SSSR count). The van der Waals surface area contributed by atoms with Gasteiger partial charge in [0.2, 0.25) is 0 Å². The van der Waals surface area contributed by atoms with Crippen molar-refractivity contribution in [3.8, 4) is 5.75 Å². The minimum absolute atomic E-state index is 0.104. The standard InChI is InChI=1S/C20H19BrN2O2S2/c1-4-25-17-10-5-13(11-16(17)21)12-18-19(24)23(20(26)27-18)15-8-6-14(7-9-15)22(2)3/h5-12H,4H2,1-3H3/b18-12-. The number of rotatable bonds is 5. The summed E-state index contributed by atoms with van der Waals surface area (Å²) in [5, 5.41) is 0. The van der Waals surface area contributed by atoms with E-state index in [1.165, 1.54) is 11.8 Å². The van der Waals surface area contributed by atoms with Crippen LogP contribution in [0.3, 0.4) is 0 Å². The molecule has 0 N–H and O–H groups in total. The topological polar surface area (TPSA) is 32.8 Å². The Balaban J connectivity index is 1.85. The number of hydrogen-bond donors (Lipinski definition) is 0. The van der Waals surface area contributed by atoms with Gasteiger partial charge in [-0.05, 0) is 70.9 Å². The van der Waals surface area contributed by atoms with Crippen LogP contribution in [0.15, 0.2) is 51.8 Å². The molecule has 0 atom stereocenters. The maximum absolute atomic E-state index is 12.9. The molecule has 0 unspecified atom stereocenters. The van der Waals surface area contributed by atoms with Gasteiger partial charge >= 0.3 is 0 Å². The van der Waals surface area contributed by atoms with Crippen LogP contribution in [0.5, 0.6) is 5.75 Å². The predicted molar refractivity (Wildman–Crippen MR) is 122 cm³/mol. The molecule has 1 heterocycles. The molecular formula is C20H19BrN2O2S2. The lowest BCUT2D eigenvalue weighted by Gasteiger charge is -2.17. The lowest BCUT2D eigenvalue weighted by Crippen LogP contribution is -2.27. The quantitative estimate of drug-likeness (QED) is 0.443. The van der Waals surface area contributed by atoms with Crippen LogP contribution in [0.2, 0.25) is 0 Å². The highest BCUT2D eigenvalue weighted by Crippen LogP contribution is 2.37. The van der Waals surface area contributed by atoms with Crippen LogP contribution in [0.4, 0.5) is 11.4 Å². The third kappa shape index (κ3) is 4.36. The van der Waals surface area contributed by atoms with E-state index in [9.17, 15) is 4.79 Å². The summed E-state index contributed by atoms with van der Waals surface area (Å²) in [5.74, 6) is 0.677. The average Bonchev–Trinajstić information content (AvgIpc) is 2.91. The van der Waals surface area contributed by atoms with Gasteiger partial charge in [-0.2, -0.15) is 0 Å². The van der Waals surface area contributed by atoms with Crippen molar-refractivity contribution in [2.24, 2.45) is 0 Å². The van der Waals surface area contributed by atoms with Gasteiger partial charge in [0.1, 0.15) is 5.75 Å². The molecule has 2 aromatic carbocycles. The third-order valence-electron chi connectivity index (χ3n) is 3.97. The zero-order chi connectivity index (χ0) is 19.6. The molecule has 4 nitrogen and oxygen atoms in total. The Labute approximate surface area is 177 Å². The van der Waals surface area contributed by atoms with Gasteiger partial charge in [-0.3, -0.25) is 9.69 Å². The molecular weight excluding hydrogens is 444 g/mol. The van der Waals surface area contributed by atoms with Crippen LogP contribution in [0.1, 0.15) is 12.5 Å². The fourth-order valence-corrected chi connectivity index (χ4v) is 4.43. The molecule has 1 fully saturated rings. The van der Waals surface area contributed by atoms with Crippen LogP contribution >= 0.6 is 39.9 Å². The van der Waals surface area contributed by atoms with E-state index in [2.05, 4.69) is 15.9 Å². The first-order valence-corrected chi connectivity index (χ1v) is 10.4. The fraction of sp³-hybridized carbons (Fsp3) is 0.200. The van der Waals surface area contributed by atoms with Gasteiger partial charge in [0.25, 0.3) is 5.91 Å². The van der Waals surface area contributed by atoms with Gasteiger partial charge in [-0.25, -0.2) is 0 Å². The summed E-state index contributed by atoms with van der Waals surface area (Å²) < 4.78 is 6.92. The number of thioether (sulfide) groups is 1. The number of halogens is 1. The summed E-state index contributed by atoms with van der Waals surface area (Å²) in [7, 11) is 3.96. The Morgan fingerprint density at radius 2 is 1.93 bits per heavy atom. The highest BCUT2D eigenvalue weighted by atomic mass is 79.9. The molecule has 0 aromatic heterocycles. The average molecular weight is 463 g/mol. The van der Waals surface area contributed by atoms with E-state index in [0.29, 0.717) is 15.8 Å². The molecule has 27 heavy (non-hydrogen) atoms. The zero-order valence-corrected chi connectivity index (χ0v) is 18.5. The molecule has 1 aliphatic rings. The first kappa shape index (κ1) is 19.9. The maximum Gasteiger partial charge on any atom is 0.270 e. The van der Waals surface area contributed by atoms with Crippen LogP contribution < -0.4 is 14.5 Å². The Morgan fingerprint density at radius 1 is 1.22 bits per heavy atom. The van der Waals surface area contributed by atoms with E-state index in [-0.39, 0.29) is 5.91 Å². The molecule has 1 amide bonds. The van der Waals surface area contributed by atoms with Crippen molar-refractivity contribution in [3.05, 3.63) is 57.4 Å². The molecule has 1 saturated heterocycles. The third-order valence-corrected chi connectivity index (χ3v) is 5.89. The van der Waals surface area contributed by atoms with Crippen molar-refractivity contribution in [3.63, 3.8) is 0 Å². The largest absolute Gasteiger partial charge is 0.493 e. The SMILES string of the molecule is CCOc1ccc(/C=C2\SC(=S)N(c3ccc(N(C)C)cc3)C2=O)cc1Br. The van der Waals surface area contributed by atoms with Crippen molar-refractivity contribution in [2.45, 2.75) is 6.92 Å². The second-order valence-corrected chi connectivity index (χ2v) is 8.58. The minimum atomic E-state index is -0.104. The van der Waals surface area contributed by atoms with Gasteiger partial charge in [-0.1, -0.05) is 30.0 Å². The van der Waals surface area contributed by atoms with E-state index in [0.717, 1.165) is 27.2 Å². The van der Waals surface area contributed by atoms with Crippen molar-refractivity contribution >= 4 is 67.6 Å². The molecule has 0 saturated carbocycles. The Morgan fingerprint density at radius 3 is 2.52 bits per heavy atom. The smallest absolute Gasteiger partial charge is 0.270 e. The first-order valence-electron chi connectivity index (χ1n) is 8.38. The van der Waals surface area contributed by atoms with Crippen molar-refractivity contribution < 1.29 is 9.53 Å². The molecule has 140 valence electrons. The molecule has 2 aromatic rings. The Hall–Kier alpha value is -1.83. The fourth-order valence-electron chi connectivity index (χ4n) is 2.62. The number of ether oxygens (including phenoxy) is 1. The molecule has 0 aliphatic carbocycles. The zero-order valence-electron chi connectivity index (χ0n) is 15.2. The molecule has 0 spiro atoms. The van der Waals surface area contributed by atoms with E-state index in [4.69, 9.17) is 17.0 Å². The van der Waals surface area contributed by atoms with Crippen molar-refractivity contribution in [2.75, 3.05) is 30.5 Å². The number of anilines is 2. The number of amides is 1. The second-order valence-electron chi connectivity index (χ2n) is 6.05. The lowest BCUT2D eigenvalue weighted by molar-refractivity contribution is -0.113. The number of carbonyl (C=O) groups is 1. The van der Waals surface area contributed by atoms with Gasteiger partial charge in [0.15, 0.2) is 4.32 Å². The van der Waals surface area contributed by atoms with Gasteiger partial charge < -0.3 is 9.64 Å². The number of benzene rings is 2. The van der Waals surface area contributed by atoms with E-state index >= 15 is 0 Å². The number of nitrogens with zero attached hydrogens (tertiary/aromatic N) is 2. The maximum atomic E-state index is 12.9. The van der Waals surface area contributed by atoms with Crippen molar-refractivity contribution in [1.29, 1.82) is 0 Å². The Kier molecular flexibility index (Phi) is 6.24. The van der Waals surface area contributed by atoms with E-state index < -0.39 is 0 Å². The second kappa shape index (κ2) is 8.46. The van der Waals surface area contributed by atoms with Crippen LogP contribution in [0, 0.1) is 0 Å². The minimum Gasteiger partial charge on any atom is -0.493 e. The van der Waals surface area contributed by atoms with E-state index in [1.54, 1.807) is 4.90 Å². The van der Waals surface area contributed by atoms with Gasteiger partial charge in [0, 0.05) is 19.8 Å². The number of thiocarbonyl (C=S) groups is 1. The summed E-state index contributed by atoms with van der Waals surface area (Å²) in [4.78, 5) is 17.1. The van der Waals surface area contributed by atoms with Crippen LogP contribution in [0.25, 0.3) is 6.08 Å². The molecule has 7 heteroatoms. The van der Waals surface area contributed by atoms with Crippen LogP contribution in [-0.2, 0) is 4.79 Å². The summed E-state index contributed by atoms with van der Waals surface area (Å²) in [6, 6.07) is 13.5. The Bertz CT molecular complexity index is 911. The highest BCUT2D eigenvalue weighted by molar-refractivity contribution is 9.10. The molecule has 1 aliphatic heterocycles. The van der Waals surface area contributed by atoms with Crippen molar-refractivity contribution in [1.82, 2.24) is 0 Å². The predicted octanol–water partition coefficient (Wildman–Crippen LogP) is 5.32. The summed E-state index contributed by atoms with van der Waals surface area (Å²) >= 11 is 10.3. The first-order chi connectivity index (χ1) is 12.9.